The van der Waals surface area contributed by atoms with Crippen LogP contribution in [0.1, 0.15) is 31.3 Å². The molecular formula is C26H25N3O2. The predicted molar refractivity (Wildman–Crippen MR) is 123 cm³/mol. The Balaban J connectivity index is 1.45. The molecule has 1 aromatic heterocycles. The van der Waals surface area contributed by atoms with Crippen LogP contribution in [0.15, 0.2) is 78.9 Å². The fraction of sp³-hybridized carbons (Fsp3) is 0.192. The van der Waals surface area contributed by atoms with Gasteiger partial charge in [0.05, 0.1) is 30.0 Å². The molecule has 4 aromatic rings. The van der Waals surface area contributed by atoms with Crippen LogP contribution in [0.3, 0.4) is 0 Å². The van der Waals surface area contributed by atoms with Crippen molar-refractivity contribution in [2.24, 2.45) is 0 Å². The molecule has 0 bridgehead atoms. The number of amides is 1. The van der Waals surface area contributed by atoms with Crippen LogP contribution in [-0.4, -0.2) is 21.2 Å². The van der Waals surface area contributed by atoms with Crippen molar-refractivity contribution in [2.75, 3.05) is 0 Å². The van der Waals surface area contributed by atoms with Crippen LogP contribution in [0.25, 0.3) is 22.2 Å². The first-order valence-electron chi connectivity index (χ1n) is 10.4. The summed E-state index contributed by atoms with van der Waals surface area (Å²) in [6, 6.07) is 25.5. The molecule has 156 valence electrons. The number of rotatable bonds is 7. The molecule has 0 radical (unpaired) electrons. The molecule has 0 aliphatic rings. The van der Waals surface area contributed by atoms with Gasteiger partial charge in [0.2, 0.25) is 5.91 Å². The Morgan fingerprint density at radius 3 is 2.26 bits per heavy atom. The van der Waals surface area contributed by atoms with Crippen LogP contribution in [0.2, 0.25) is 0 Å². The fourth-order valence-electron chi connectivity index (χ4n) is 3.70. The van der Waals surface area contributed by atoms with Crippen LogP contribution in [-0.2, 0) is 22.6 Å². The van der Waals surface area contributed by atoms with Gasteiger partial charge < -0.3 is 9.88 Å². The maximum Gasteiger partial charge on any atom is 0.224 e. The summed E-state index contributed by atoms with van der Waals surface area (Å²) in [5, 5.41) is 2.96. The van der Waals surface area contributed by atoms with Gasteiger partial charge in [-0.3, -0.25) is 9.59 Å². The van der Waals surface area contributed by atoms with Gasteiger partial charge in [-0.2, -0.15) is 0 Å². The molecule has 4 rings (SSSR count). The average molecular weight is 412 g/mol. The maximum absolute atomic E-state index is 12.6. The maximum atomic E-state index is 12.6. The lowest BCUT2D eigenvalue weighted by Crippen LogP contribution is -2.27. The quantitative estimate of drug-likeness (QED) is 0.479. The van der Waals surface area contributed by atoms with Crippen LogP contribution >= 0.6 is 0 Å². The van der Waals surface area contributed by atoms with Gasteiger partial charge in [0.25, 0.3) is 0 Å². The molecule has 0 spiro atoms. The number of para-hydroxylation sites is 2. The van der Waals surface area contributed by atoms with Crippen molar-refractivity contribution in [3.63, 3.8) is 0 Å². The molecule has 1 N–H and O–H groups in total. The van der Waals surface area contributed by atoms with Crippen molar-refractivity contribution < 1.29 is 9.59 Å². The van der Waals surface area contributed by atoms with Gasteiger partial charge in [-0.25, -0.2) is 4.98 Å². The number of aromatic nitrogens is 2. The van der Waals surface area contributed by atoms with Gasteiger partial charge in [-0.15, -0.1) is 0 Å². The van der Waals surface area contributed by atoms with Crippen molar-refractivity contribution in [3.8, 4) is 11.1 Å². The average Bonchev–Trinajstić information content (AvgIpc) is 3.16. The second-order valence-electron chi connectivity index (χ2n) is 7.69. The highest BCUT2D eigenvalue weighted by Crippen LogP contribution is 2.22. The van der Waals surface area contributed by atoms with Crippen molar-refractivity contribution in [1.29, 1.82) is 0 Å². The minimum Gasteiger partial charge on any atom is -0.349 e. The van der Waals surface area contributed by atoms with Crippen LogP contribution in [0.4, 0.5) is 0 Å². The number of carbonyl (C=O) groups is 2. The van der Waals surface area contributed by atoms with E-state index >= 15 is 0 Å². The smallest absolute Gasteiger partial charge is 0.224 e. The number of nitrogens with zero attached hydrogens (tertiary/aromatic N) is 2. The van der Waals surface area contributed by atoms with Crippen molar-refractivity contribution in [1.82, 2.24) is 14.9 Å². The fourth-order valence-corrected chi connectivity index (χ4v) is 3.70. The lowest BCUT2D eigenvalue weighted by molar-refractivity contribution is -0.120. The third kappa shape index (κ3) is 4.56. The van der Waals surface area contributed by atoms with Crippen LogP contribution in [0, 0.1) is 0 Å². The highest BCUT2D eigenvalue weighted by molar-refractivity contribution is 5.84. The van der Waals surface area contributed by atoms with E-state index < -0.39 is 0 Å². The van der Waals surface area contributed by atoms with E-state index in [0.717, 1.165) is 27.7 Å². The second-order valence-corrected chi connectivity index (χ2v) is 7.69. The zero-order valence-corrected chi connectivity index (χ0v) is 17.7. The van der Waals surface area contributed by atoms with E-state index in [1.54, 1.807) is 6.92 Å². The second kappa shape index (κ2) is 8.96. The number of fused-ring (bicyclic) bond motifs is 1. The summed E-state index contributed by atoms with van der Waals surface area (Å²) in [4.78, 5) is 29.2. The SMILES string of the molecule is CC(=O)C(C)n1c(CNC(=O)Cc2ccc(-c3ccccc3)cc2)nc2ccccc21. The number of nitrogens with one attached hydrogen (secondary N) is 1. The molecule has 0 saturated carbocycles. The number of hydrogen-bond acceptors (Lipinski definition) is 3. The molecule has 0 aliphatic heterocycles. The normalized spacial score (nSPS) is 11.9. The van der Waals surface area contributed by atoms with E-state index in [-0.39, 0.29) is 30.7 Å². The van der Waals surface area contributed by atoms with E-state index in [2.05, 4.69) is 22.4 Å². The van der Waals surface area contributed by atoms with Gasteiger partial charge >= 0.3 is 0 Å². The topological polar surface area (TPSA) is 64.0 Å². The standard InChI is InChI=1S/C26H25N3O2/c1-18(19(2)30)29-24-11-7-6-10-23(24)28-25(29)17-27-26(31)16-20-12-14-22(15-13-20)21-8-4-3-5-9-21/h3-15,18H,16-17H2,1-2H3,(H,27,31). The summed E-state index contributed by atoms with van der Waals surface area (Å²) in [6.45, 7) is 3.70. The molecule has 0 fully saturated rings. The largest absolute Gasteiger partial charge is 0.349 e. The molecule has 31 heavy (non-hydrogen) atoms. The molecule has 5 heteroatoms. The van der Waals surface area contributed by atoms with Gasteiger partial charge in [-0.1, -0.05) is 66.7 Å². The van der Waals surface area contributed by atoms with Crippen molar-refractivity contribution >= 4 is 22.7 Å². The van der Waals surface area contributed by atoms with Gasteiger partial charge in [-0.05, 0) is 42.7 Å². The van der Waals surface area contributed by atoms with E-state index in [0.29, 0.717) is 5.82 Å². The summed E-state index contributed by atoms with van der Waals surface area (Å²) < 4.78 is 1.91. The minimum absolute atomic E-state index is 0.0502. The number of carbonyl (C=O) groups excluding carboxylic acids is 2. The first-order valence-corrected chi connectivity index (χ1v) is 10.4. The third-order valence-electron chi connectivity index (χ3n) is 5.51. The highest BCUT2D eigenvalue weighted by atomic mass is 16.1. The Bertz CT molecular complexity index is 1210. The highest BCUT2D eigenvalue weighted by Gasteiger charge is 2.19. The van der Waals surface area contributed by atoms with Gasteiger partial charge in [0.1, 0.15) is 5.82 Å². The minimum atomic E-state index is -0.343. The molecule has 1 unspecified atom stereocenters. The van der Waals surface area contributed by atoms with Gasteiger partial charge in [0.15, 0.2) is 5.78 Å². The first kappa shape index (κ1) is 20.5. The van der Waals surface area contributed by atoms with E-state index in [1.807, 2.05) is 78.2 Å². The summed E-state index contributed by atoms with van der Waals surface area (Å²) in [5.74, 6) is 0.646. The van der Waals surface area contributed by atoms with Crippen molar-refractivity contribution in [2.45, 2.75) is 32.9 Å². The molecular weight excluding hydrogens is 386 g/mol. The summed E-state index contributed by atoms with van der Waals surface area (Å²) in [6.07, 6.45) is 0.289. The monoisotopic (exact) mass is 411 g/mol. The first-order chi connectivity index (χ1) is 15.0. The lowest BCUT2D eigenvalue weighted by atomic mass is 10.0. The lowest BCUT2D eigenvalue weighted by Gasteiger charge is -2.15. The molecule has 0 saturated heterocycles. The Morgan fingerprint density at radius 1 is 0.903 bits per heavy atom. The zero-order chi connectivity index (χ0) is 21.8. The number of Topliss-reactive ketones (excluding diaryl/α,β-unsaturated/α-hetero) is 1. The summed E-state index contributed by atoms with van der Waals surface area (Å²) in [5.41, 5.74) is 4.93. The summed E-state index contributed by atoms with van der Waals surface area (Å²) in [7, 11) is 0. The zero-order valence-electron chi connectivity index (χ0n) is 17.7. The van der Waals surface area contributed by atoms with Crippen molar-refractivity contribution in [3.05, 3.63) is 90.3 Å². The number of hydrogen-bond donors (Lipinski definition) is 1. The van der Waals surface area contributed by atoms with E-state index in [1.165, 1.54) is 0 Å². The Kier molecular flexibility index (Phi) is 5.94. The number of benzene rings is 3. The Hall–Kier alpha value is -3.73. The molecule has 3 aromatic carbocycles. The molecule has 1 atom stereocenters. The van der Waals surface area contributed by atoms with E-state index in [4.69, 9.17) is 0 Å². The third-order valence-corrected chi connectivity index (χ3v) is 5.51. The molecule has 1 amide bonds. The van der Waals surface area contributed by atoms with Crippen LogP contribution in [0.5, 0.6) is 0 Å². The number of ketones is 1. The van der Waals surface area contributed by atoms with Crippen LogP contribution < -0.4 is 5.32 Å². The van der Waals surface area contributed by atoms with Gasteiger partial charge in [0, 0.05) is 0 Å². The summed E-state index contributed by atoms with van der Waals surface area (Å²) >= 11 is 0. The number of imidazole rings is 1. The Morgan fingerprint density at radius 2 is 1.55 bits per heavy atom. The van der Waals surface area contributed by atoms with E-state index in [9.17, 15) is 9.59 Å². The Labute approximate surface area is 181 Å². The molecule has 1 heterocycles. The predicted octanol–water partition coefficient (Wildman–Crippen LogP) is 4.71. The molecule has 5 nitrogen and oxygen atoms in total. The molecule has 0 aliphatic carbocycles.